The summed E-state index contributed by atoms with van der Waals surface area (Å²) in [5.74, 6) is 0.872. The number of anilines is 1. The van der Waals surface area contributed by atoms with Gasteiger partial charge in [0.05, 0.1) is 29.5 Å². The van der Waals surface area contributed by atoms with Crippen LogP contribution in [0.4, 0.5) is 5.82 Å². The lowest BCUT2D eigenvalue weighted by Gasteiger charge is -2.13. The molecule has 0 aromatic carbocycles. The number of carbonyl (C=O) groups is 1. The van der Waals surface area contributed by atoms with Crippen LogP contribution in [0, 0.1) is 6.92 Å². The second kappa shape index (κ2) is 8.28. The van der Waals surface area contributed by atoms with E-state index in [0.717, 1.165) is 12.1 Å². The van der Waals surface area contributed by atoms with Crippen LogP contribution in [0.3, 0.4) is 0 Å². The highest BCUT2D eigenvalue weighted by Crippen LogP contribution is 2.34. The smallest absolute Gasteiger partial charge is 0.268 e. The minimum atomic E-state index is -0.237. The maximum absolute atomic E-state index is 12.8. The number of nitrogens with one attached hydrogen (secondary N) is 1. The molecule has 0 bridgehead atoms. The molecule has 3 rings (SSSR count). The van der Waals surface area contributed by atoms with Gasteiger partial charge in [0.2, 0.25) is 5.91 Å². The monoisotopic (exact) mass is 396 g/mol. The van der Waals surface area contributed by atoms with E-state index >= 15 is 0 Å². The molecule has 1 aliphatic heterocycles. The molecule has 10 heteroatoms. The number of aromatic nitrogens is 3. The van der Waals surface area contributed by atoms with Crippen LogP contribution in [0.25, 0.3) is 0 Å². The molecule has 0 radical (unpaired) electrons. The largest absolute Gasteiger partial charge is 0.383 e. The Morgan fingerprint density at radius 2 is 2.38 bits per heavy atom. The van der Waals surface area contributed by atoms with Crippen molar-refractivity contribution in [2.75, 3.05) is 24.8 Å². The average molecular weight is 396 g/mol. The fourth-order valence-corrected chi connectivity index (χ4v) is 4.51. The molecule has 3 heterocycles. The van der Waals surface area contributed by atoms with Crippen LogP contribution < -0.4 is 10.9 Å². The average Bonchev–Trinajstić information content (AvgIpc) is 3.17. The fraction of sp³-hybridized carbons (Fsp3) is 0.500. The molecule has 0 spiro atoms. The molecule has 2 aromatic heterocycles. The fourth-order valence-electron chi connectivity index (χ4n) is 2.56. The van der Waals surface area contributed by atoms with E-state index in [9.17, 15) is 9.59 Å². The Labute approximate surface area is 159 Å². The van der Waals surface area contributed by atoms with Gasteiger partial charge in [-0.15, -0.1) is 11.8 Å². The summed E-state index contributed by atoms with van der Waals surface area (Å²) in [6, 6.07) is 1.64. The lowest BCUT2D eigenvalue weighted by molar-refractivity contribution is -0.113. The minimum absolute atomic E-state index is 0.0589. The summed E-state index contributed by atoms with van der Waals surface area (Å²) < 4.78 is 11.6. The highest BCUT2D eigenvalue weighted by Gasteiger charge is 2.26. The Kier molecular flexibility index (Phi) is 6.05. The predicted molar refractivity (Wildman–Crippen MR) is 100.0 cm³/mol. The number of nitrogens with zero attached hydrogens (tertiary/aromatic N) is 3. The summed E-state index contributed by atoms with van der Waals surface area (Å²) in [6.07, 6.45) is 0.762. The van der Waals surface area contributed by atoms with Gasteiger partial charge in [0.25, 0.3) is 5.56 Å². The SMILES string of the molecule is COCCn1c(SCC(=O)Nc2cc(C)on2)nc2c(c1=O)S[C@@H](C)C2. The van der Waals surface area contributed by atoms with Crippen molar-refractivity contribution in [1.29, 1.82) is 0 Å². The van der Waals surface area contributed by atoms with Crippen molar-refractivity contribution >= 4 is 35.2 Å². The Bertz CT molecular complexity index is 864. The normalized spacial score (nSPS) is 15.9. The molecular weight excluding hydrogens is 376 g/mol. The van der Waals surface area contributed by atoms with Crippen molar-refractivity contribution in [3.05, 3.63) is 27.9 Å². The number of amides is 1. The van der Waals surface area contributed by atoms with Gasteiger partial charge in [-0.25, -0.2) is 4.98 Å². The van der Waals surface area contributed by atoms with Crippen LogP contribution >= 0.6 is 23.5 Å². The third kappa shape index (κ3) is 4.30. The van der Waals surface area contributed by atoms with E-state index in [1.165, 1.54) is 11.8 Å². The number of hydrogen-bond donors (Lipinski definition) is 1. The van der Waals surface area contributed by atoms with Gasteiger partial charge in [-0.2, -0.15) is 0 Å². The molecule has 0 unspecified atom stereocenters. The van der Waals surface area contributed by atoms with Crippen LogP contribution in [-0.4, -0.2) is 45.3 Å². The summed E-state index contributed by atoms with van der Waals surface area (Å²) in [5, 5.41) is 7.26. The summed E-state index contributed by atoms with van der Waals surface area (Å²) in [6.45, 7) is 4.63. The number of methoxy groups -OCH3 is 1. The van der Waals surface area contributed by atoms with E-state index in [-0.39, 0.29) is 17.2 Å². The number of hydrogen-bond acceptors (Lipinski definition) is 8. The topological polar surface area (TPSA) is 99.2 Å². The molecule has 26 heavy (non-hydrogen) atoms. The minimum Gasteiger partial charge on any atom is -0.383 e. The van der Waals surface area contributed by atoms with Crippen molar-refractivity contribution in [1.82, 2.24) is 14.7 Å². The van der Waals surface area contributed by atoms with Gasteiger partial charge < -0.3 is 14.6 Å². The van der Waals surface area contributed by atoms with Gasteiger partial charge in [-0.05, 0) is 6.92 Å². The van der Waals surface area contributed by atoms with E-state index in [1.807, 2.05) is 0 Å². The van der Waals surface area contributed by atoms with Crippen molar-refractivity contribution < 1.29 is 14.1 Å². The van der Waals surface area contributed by atoms with Gasteiger partial charge >= 0.3 is 0 Å². The quantitative estimate of drug-likeness (QED) is 0.560. The molecule has 1 amide bonds. The molecule has 8 nitrogen and oxygen atoms in total. The van der Waals surface area contributed by atoms with Gasteiger partial charge in [0.15, 0.2) is 11.0 Å². The maximum atomic E-state index is 12.8. The van der Waals surface area contributed by atoms with Crippen LogP contribution in [0.5, 0.6) is 0 Å². The van der Waals surface area contributed by atoms with E-state index in [2.05, 4.69) is 22.4 Å². The summed E-state index contributed by atoms with van der Waals surface area (Å²) in [7, 11) is 1.59. The first kappa shape index (κ1) is 19.0. The highest BCUT2D eigenvalue weighted by atomic mass is 32.2. The molecule has 0 fully saturated rings. The molecule has 1 atom stereocenters. The summed E-state index contributed by atoms with van der Waals surface area (Å²) in [5.41, 5.74) is 0.757. The highest BCUT2D eigenvalue weighted by molar-refractivity contribution is 8.00. The van der Waals surface area contributed by atoms with E-state index in [4.69, 9.17) is 9.26 Å². The first-order valence-electron chi connectivity index (χ1n) is 8.13. The Balaban J connectivity index is 1.75. The van der Waals surface area contributed by atoms with Crippen molar-refractivity contribution in [2.24, 2.45) is 0 Å². The molecule has 1 N–H and O–H groups in total. The lowest BCUT2D eigenvalue weighted by Crippen LogP contribution is -2.27. The zero-order valence-electron chi connectivity index (χ0n) is 14.8. The Morgan fingerprint density at radius 1 is 1.58 bits per heavy atom. The second-order valence-corrected chi connectivity index (χ2v) is 8.30. The number of aryl methyl sites for hydroxylation is 1. The van der Waals surface area contributed by atoms with Gasteiger partial charge in [0, 0.05) is 24.8 Å². The number of ether oxygens (including phenoxy) is 1. The zero-order valence-corrected chi connectivity index (χ0v) is 16.4. The Morgan fingerprint density at radius 3 is 3.08 bits per heavy atom. The Hall–Kier alpha value is -1.78. The van der Waals surface area contributed by atoms with Crippen LogP contribution in [0.2, 0.25) is 0 Å². The van der Waals surface area contributed by atoms with Crippen LogP contribution in [0.15, 0.2) is 25.4 Å². The zero-order chi connectivity index (χ0) is 18.7. The van der Waals surface area contributed by atoms with E-state index in [0.29, 0.717) is 40.0 Å². The number of carbonyl (C=O) groups excluding carboxylic acids is 1. The van der Waals surface area contributed by atoms with Gasteiger partial charge in [0.1, 0.15) is 5.76 Å². The maximum Gasteiger partial charge on any atom is 0.268 e. The molecule has 140 valence electrons. The van der Waals surface area contributed by atoms with E-state index < -0.39 is 0 Å². The first-order valence-corrected chi connectivity index (χ1v) is 9.99. The molecule has 0 saturated heterocycles. The predicted octanol–water partition coefficient (Wildman–Crippen LogP) is 1.95. The molecular formula is C16H20N4O4S2. The number of thioether (sulfide) groups is 2. The van der Waals surface area contributed by atoms with Crippen molar-refractivity contribution in [3.8, 4) is 0 Å². The summed E-state index contributed by atoms with van der Waals surface area (Å²) >= 11 is 2.79. The second-order valence-electron chi connectivity index (χ2n) is 5.91. The van der Waals surface area contributed by atoms with Crippen molar-refractivity contribution in [3.63, 3.8) is 0 Å². The first-order chi connectivity index (χ1) is 12.5. The summed E-state index contributed by atoms with van der Waals surface area (Å²) in [4.78, 5) is 30.3. The molecule has 0 saturated carbocycles. The van der Waals surface area contributed by atoms with Crippen LogP contribution in [0.1, 0.15) is 18.4 Å². The standard InChI is InChI=1S/C16H20N4O4S2/c1-9-6-12(19-24-9)18-13(21)8-25-16-17-11-7-10(2)26-14(11)15(22)20(16)4-5-23-3/h6,10H,4-5,7-8H2,1-3H3,(H,18,19,21)/t10-/m0/s1. The van der Waals surface area contributed by atoms with Crippen LogP contribution in [-0.2, 0) is 22.5 Å². The third-order valence-electron chi connectivity index (χ3n) is 3.71. The molecule has 2 aromatic rings. The molecule has 0 aliphatic carbocycles. The lowest BCUT2D eigenvalue weighted by atomic mass is 10.2. The van der Waals surface area contributed by atoms with Gasteiger partial charge in [-0.1, -0.05) is 23.8 Å². The van der Waals surface area contributed by atoms with Crippen molar-refractivity contribution in [2.45, 2.75) is 42.1 Å². The number of fused-ring (bicyclic) bond motifs is 1. The molecule has 1 aliphatic rings. The van der Waals surface area contributed by atoms with Gasteiger partial charge in [-0.3, -0.25) is 14.2 Å². The third-order valence-corrected chi connectivity index (χ3v) is 5.90. The number of rotatable bonds is 7. The van der Waals surface area contributed by atoms with E-state index in [1.54, 1.807) is 36.4 Å².